The number of nitrogens with one attached hydrogen (secondary N) is 2. The molecule has 0 bridgehead atoms. The molecule has 1 aromatic rings. The topological polar surface area (TPSA) is 96.8 Å². The van der Waals surface area contributed by atoms with Crippen LogP contribution in [0.25, 0.3) is 0 Å². The van der Waals surface area contributed by atoms with Crippen molar-refractivity contribution < 1.29 is 4.79 Å². The van der Waals surface area contributed by atoms with Crippen LogP contribution in [-0.2, 0) is 11.3 Å². The Bertz CT molecular complexity index is 433. The molecule has 1 rings (SSSR count). The van der Waals surface area contributed by atoms with Gasteiger partial charge < -0.3 is 5.32 Å². The summed E-state index contributed by atoms with van der Waals surface area (Å²) in [4.78, 5) is 32.4. The van der Waals surface area contributed by atoms with E-state index in [-0.39, 0.29) is 19.0 Å². The Hall–Kier alpha value is -1.92. The third-order valence-electron chi connectivity index (χ3n) is 1.48. The number of carbonyl (C=O) groups excluding carboxylic acids is 1. The number of H-pyrrole nitrogens is 1. The maximum Gasteiger partial charge on any atom is 0.330 e. The molecule has 0 unspecified atom stereocenters. The van der Waals surface area contributed by atoms with Gasteiger partial charge in [-0.2, -0.15) is 5.10 Å². The van der Waals surface area contributed by atoms with Gasteiger partial charge in [0.25, 0.3) is 0 Å². The molecule has 7 nitrogen and oxygen atoms in total. The van der Waals surface area contributed by atoms with Crippen LogP contribution in [0.5, 0.6) is 0 Å². The molecule has 75 valence electrons. The number of aromatic amines is 1. The van der Waals surface area contributed by atoms with Crippen LogP contribution < -0.4 is 16.4 Å². The van der Waals surface area contributed by atoms with E-state index < -0.39 is 11.1 Å². The zero-order valence-electron chi connectivity index (χ0n) is 7.53. The van der Waals surface area contributed by atoms with Gasteiger partial charge in [0.15, 0.2) is 0 Å². The molecular formula is C7H9N4O3. The first-order valence-electron chi connectivity index (χ1n) is 3.93. The van der Waals surface area contributed by atoms with Crippen molar-refractivity contribution in [2.45, 2.75) is 13.5 Å². The third kappa shape index (κ3) is 2.54. The standard InChI is InChI=1S/C7H9N4O3/c1-5(12)8-2-3-11-4-9-10-6(13)7(11)14/h2-3H2,1H3,(H,8,12)(H,10,13). The van der Waals surface area contributed by atoms with Crippen molar-refractivity contribution in [3.63, 3.8) is 0 Å². The average molecular weight is 197 g/mol. The molecule has 2 N–H and O–H groups in total. The molecule has 1 amide bonds. The SMILES string of the molecule is CC(=O)NCCn1[c]n[nH]c(=O)c1=O. The molecule has 1 aromatic heterocycles. The number of hydrogen-bond acceptors (Lipinski definition) is 4. The monoisotopic (exact) mass is 197 g/mol. The van der Waals surface area contributed by atoms with Gasteiger partial charge in [0.05, 0.1) is 0 Å². The van der Waals surface area contributed by atoms with Crippen LogP contribution in [0.1, 0.15) is 6.92 Å². The number of nitrogens with zero attached hydrogens (tertiary/aromatic N) is 2. The highest BCUT2D eigenvalue weighted by Gasteiger charge is 2.00. The van der Waals surface area contributed by atoms with Crippen LogP contribution in [0.15, 0.2) is 9.59 Å². The number of rotatable bonds is 3. The van der Waals surface area contributed by atoms with Crippen LogP contribution in [0.3, 0.4) is 0 Å². The van der Waals surface area contributed by atoms with Crippen LogP contribution in [0.2, 0.25) is 0 Å². The normalized spacial score (nSPS) is 9.79. The lowest BCUT2D eigenvalue weighted by Gasteiger charge is -2.02. The van der Waals surface area contributed by atoms with Crippen LogP contribution in [0, 0.1) is 6.33 Å². The van der Waals surface area contributed by atoms with E-state index in [2.05, 4.69) is 16.7 Å². The summed E-state index contributed by atoms with van der Waals surface area (Å²) in [7, 11) is 0. The van der Waals surface area contributed by atoms with Crippen molar-refractivity contribution in [1.82, 2.24) is 20.1 Å². The molecule has 0 saturated heterocycles. The Morgan fingerprint density at radius 2 is 2.36 bits per heavy atom. The van der Waals surface area contributed by atoms with E-state index in [9.17, 15) is 14.4 Å². The van der Waals surface area contributed by atoms with E-state index in [1.807, 2.05) is 5.10 Å². The van der Waals surface area contributed by atoms with Gasteiger partial charge in [-0.15, -0.1) is 0 Å². The largest absolute Gasteiger partial charge is 0.355 e. The summed E-state index contributed by atoms with van der Waals surface area (Å²) in [6, 6.07) is 0. The molecule has 1 heterocycles. The molecule has 0 fully saturated rings. The maximum atomic E-state index is 11.1. The molecule has 0 atom stereocenters. The molecule has 0 aliphatic rings. The Morgan fingerprint density at radius 1 is 1.64 bits per heavy atom. The number of carbonyl (C=O) groups is 1. The second-order valence-electron chi connectivity index (χ2n) is 2.59. The molecule has 1 radical (unpaired) electrons. The Morgan fingerprint density at radius 3 is 3.00 bits per heavy atom. The van der Waals surface area contributed by atoms with Gasteiger partial charge in [-0.25, -0.2) is 5.10 Å². The molecule has 0 aliphatic carbocycles. The van der Waals surface area contributed by atoms with E-state index >= 15 is 0 Å². The second-order valence-corrected chi connectivity index (χ2v) is 2.59. The Labute approximate surface area is 78.8 Å². The predicted octanol–water partition coefficient (Wildman–Crippen LogP) is -2.13. The molecule has 0 spiro atoms. The third-order valence-corrected chi connectivity index (χ3v) is 1.48. The zero-order chi connectivity index (χ0) is 10.6. The van der Waals surface area contributed by atoms with Gasteiger partial charge in [-0.1, -0.05) is 0 Å². The number of hydrogen-bond donors (Lipinski definition) is 2. The molecular weight excluding hydrogens is 188 g/mol. The summed E-state index contributed by atoms with van der Waals surface area (Å²) >= 11 is 0. The van der Waals surface area contributed by atoms with Crippen molar-refractivity contribution in [1.29, 1.82) is 0 Å². The fourth-order valence-electron chi connectivity index (χ4n) is 0.847. The predicted molar refractivity (Wildman–Crippen MR) is 46.6 cm³/mol. The summed E-state index contributed by atoms with van der Waals surface area (Å²) in [5.74, 6) is -0.198. The van der Waals surface area contributed by atoms with Crippen molar-refractivity contribution >= 4 is 5.91 Å². The smallest absolute Gasteiger partial charge is 0.330 e. The minimum atomic E-state index is -0.799. The molecule has 14 heavy (non-hydrogen) atoms. The lowest BCUT2D eigenvalue weighted by atomic mass is 10.5. The van der Waals surface area contributed by atoms with Crippen LogP contribution in [-0.4, -0.2) is 27.2 Å². The van der Waals surface area contributed by atoms with Crippen molar-refractivity contribution in [2.24, 2.45) is 0 Å². The highest BCUT2D eigenvalue weighted by molar-refractivity contribution is 5.72. The summed E-state index contributed by atoms with van der Waals surface area (Å²) < 4.78 is 1.01. The Kier molecular flexibility index (Phi) is 3.16. The van der Waals surface area contributed by atoms with Gasteiger partial charge in [0, 0.05) is 20.0 Å². The van der Waals surface area contributed by atoms with Gasteiger partial charge >= 0.3 is 11.1 Å². The number of amides is 1. The molecule has 0 aliphatic heterocycles. The summed E-state index contributed by atoms with van der Waals surface area (Å²) in [5.41, 5.74) is -1.53. The maximum absolute atomic E-state index is 11.1. The minimum absolute atomic E-state index is 0.176. The fourth-order valence-corrected chi connectivity index (χ4v) is 0.847. The van der Waals surface area contributed by atoms with E-state index in [0.717, 1.165) is 4.57 Å². The van der Waals surface area contributed by atoms with Crippen molar-refractivity contribution in [3.05, 3.63) is 27.0 Å². The van der Waals surface area contributed by atoms with E-state index in [1.54, 1.807) is 0 Å². The summed E-state index contributed by atoms with van der Waals surface area (Å²) in [6.45, 7) is 1.80. The summed E-state index contributed by atoms with van der Waals surface area (Å²) in [5, 5.41) is 7.77. The fraction of sp³-hybridized carbons (Fsp3) is 0.429. The first-order valence-corrected chi connectivity index (χ1v) is 3.93. The van der Waals surface area contributed by atoms with Gasteiger partial charge in [0.2, 0.25) is 12.2 Å². The Balaban J connectivity index is 2.69. The first-order chi connectivity index (χ1) is 6.61. The van der Waals surface area contributed by atoms with Crippen molar-refractivity contribution in [3.8, 4) is 0 Å². The molecule has 7 heteroatoms. The zero-order valence-corrected chi connectivity index (χ0v) is 7.53. The average Bonchev–Trinajstić information content (AvgIpc) is 2.12. The van der Waals surface area contributed by atoms with Crippen molar-refractivity contribution in [2.75, 3.05) is 6.54 Å². The lowest BCUT2D eigenvalue weighted by molar-refractivity contribution is -0.118. The van der Waals surface area contributed by atoms with Gasteiger partial charge in [-0.05, 0) is 0 Å². The highest BCUT2D eigenvalue weighted by Crippen LogP contribution is 1.71. The van der Waals surface area contributed by atoms with E-state index in [1.165, 1.54) is 6.92 Å². The molecule has 0 saturated carbocycles. The van der Waals surface area contributed by atoms with Crippen LogP contribution in [0.4, 0.5) is 0 Å². The summed E-state index contributed by atoms with van der Waals surface area (Å²) in [6.07, 6.45) is 2.30. The quantitative estimate of drug-likeness (QED) is 0.541. The first kappa shape index (κ1) is 10.2. The molecule has 0 aromatic carbocycles. The van der Waals surface area contributed by atoms with E-state index in [4.69, 9.17) is 0 Å². The van der Waals surface area contributed by atoms with E-state index in [0.29, 0.717) is 0 Å². The minimum Gasteiger partial charge on any atom is -0.355 e. The van der Waals surface area contributed by atoms with Gasteiger partial charge in [-0.3, -0.25) is 19.0 Å². The highest BCUT2D eigenvalue weighted by atomic mass is 16.2. The number of aromatic nitrogens is 3. The van der Waals surface area contributed by atoms with Crippen LogP contribution >= 0.6 is 0 Å². The second kappa shape index (κ2) is 4.35. The lowest BCUT2D eigenvalue weighted by Crippen LogP contribution is -2.39. The van der Waals surface area contributed by atoms with Gasteiger partial charge in [0.1, 0.15) is 0 Å².